The van der Waals surface area contributed by atoms with Crippen molar-refractivity contribution in [3.8, 4) is 0 Å². The zero-order valence-corrected chi connectivity index (χ0v) is 10.1. The summed E-state index contributed by atoms with van der Waals surface area (Å²) in [6, 6.07) is 1.26. The number of aromatic nitrogens is 2. The maximum atomic E-state index is 12.4. The number of anilines is 2. The fourth-order valence-corrected chi connectivity index (χ4v) is 1.31. The Balaban J connectivity index is 2.75. The van der Waals surface area contributed by atoms with E-state index >= 15 is 0 Å². The number of hydrogen-bond donors (Lipinski definition) is 2. The molecule has 5 nitrogen and oxygen atoms in total. The van der Waals surface area contributed by atoms with E-state index in [0.717, 1.165) is 0 Å². The topological polar surface area (TPSA) is 73.1 Å². The minimum Gasteiger partial charge on any atom is -0.384 e. The Morgan fingerprint density at radius 2 is 2.11 bits per heavy atom. The van der Waals surface area contributed by atoms with Crippen LogP contribution in [0.3, 0.4) is 0 Å². The molecule has 0 amide bonds. The molecule has 0 radical (unpaired) electrons. The van der Waals surface area contributed by atoms with Crippen molar-refractivity contribution in [3.63, 3.8) is 0 Å². The molecule has 0 aliphatic heterocycles. The molecule has 102 valence electrons. The van der Waals surface area contributed by atoms with Crippen LogP contribution in [0.15, 0.2) is 6.07 Å². The molecule has 0 bridgehead atoms. The van der Waals surface area contributed by atoms with Crippen molar-refractivity contribution in [3.05, 3.63) is 11.9 Å². The van der Waals surface area contributed by atoms with Crippen LogP contribution in [-0.4, -0.2) is 30.2 Å². The molecule has 0 spiro atoms. The number of alkyl halides is 3. The monoisotopic (exact) mass is 264 g/mol. The lowest BCUT2D eigenvalue weighted by molar-refractivity contribution is -0.144. The minimum atomic E-state index is -4.61. The molecule has 0 saturated heterocycles. The minimum absolute atomic E-state index is 0.0535. The van der Waals surface area contributed by atoms with E-state index in [1.54, 1.807) is 7.11 Å². The Morgan fingerprint density at radius 1 is 1.44 bits per heavy atom. The number of nitrogens with one attached hydrogen (secondary N) is 1. The van der Waals surface area contributed by atoms with Crippen LogP contribution in [0.2, 0.25) is 0 Å². The molecule has 0 saturated carbocycles. The van der Waals surface area contributed by atoms with Gasteiger partial charge in [-0.2, -0.15) is 13.2 Å². The fourth-order valence-electron chi connectivity index (χ4n) is 1.31. The van der Waals surface area contributed by atoms with Gasteiger partial charge < -0.3 is 15.8 Å². The van der Waals surface area contributed by atoms with Gasteiger partial charge in [0.25, 0.3) is 0 Å². The summed E-state index contributed by atoms with van der Waals surface area (Å²) in [5.41, 5.74) is 5.31. The zero-order chi connectivity index (χ0) is 13.8. The Kier molecular flexibility index (Phi) is 4.71. The summed E-state index contributed by atoms with van der Waals surface area (Å²) in [7, 11) is 1.56. The standard InChI is InChI=1S/C10H15F3N4O/c1-6(5-18-2)4-15-8-3-7(14)16-9(17-8)10(11,12)13/h3,6H,4-5H2,1-2H3,(H3,14,15,16,17). The van der Waals surface area contributed by atoms with Crippen LogP contribution in [0.25, 0.3) is 0 Å². The molecule has 0 aromatic carbocycles. The van der Waals surface area contributed by atoms with Crippen LogP contribution < -0.4 is 11.1 Å². The number of ether oxygens (including phenoxy) is 1. The zero-order valence-electron chi connectivity index (χ0n) is 10.1. The number of rotatable bonds is 5. The van der Waals surface area contributed by atoms with Crippen molar-refractivity contribution in [2.45, 2.75) is 13.1 Å². The summed E-state index contributed by atoms with van der Waals surface area (Å²) in [6.07, 6.45) is -4.61. The third-order valence-corrected chi connectivity index (χ3v) is 2.08. The lowest BCUT2D eigenvalue weighted by Crippen LogP contribution is -2.19. The second kappa shape index (κ2) is 5.85. The predicted molar refractivity (Wildman–Crippen MR) is 61.0 cm³/mol. The lowest BCUT2D eigenvalue weighted by atomic mass is 10.2. The van der Waals surface area contributed by atoms with Gasteiger partial charge in [-0.1, -0.05) is 6.92 Å². The van der Waals surface area contributed by atoms with Crippen LogP contribution in [-0.2, 0) is 10.9 Å². The van der Waals surface area contributed by atoms with Gasteiger partial charge in [0.05, 0.1) is 6.61 Å². The number of hydrogen-bond acceptors (Lipinski definition) is 5. The Bertz CT molecular complexity index is 397. The van der Waals surface area contributed by atoms with Gasteiger partial charge in [0, 0.05) is 19.7 Å². The third-order valence-electron chi connectivity index (χ3n) is 2.08. The predicted octanol–water partition coefficient (Wildman–Crippen LogP) is 1.77. The quantitative estimate of drug-likeness (QED) is 0.848. The summed E-state index contributed by atoms with van der Waals surface area (Å²) in [6.45, 7) is 2.83. The van der Waals surface area contributed by atoms with Crippen LogP contribution in [0.4, 0.5) is 24.8 Å². The highest BCUT2D eigenvalue weighted by Crippen LogP contribution is 2.27. The van der Waals surface area contributed by atoms with Gasteiger partial charge in [-0.15, -0.1) is 0 Å². The van der Waals surface area contributed by atoms with E-state index in [1.165, 1.54) is 6.07 Å². The van der Waals surface area contributed by atoms with Gasteiger partial charge in [-0.3, -0.25) is 0 Å². The molecule has 0 aliphatic carbocycles. The van der Waals surface area contributed by atoms with E-state index in [1.807, 2.05) is 6.92 Å². The summed E-state index contributed by atoms with van der Waals surface area (Å²) in [5, 5.41) is 2.77. The molecule has 1 heterocycles. The third kappa shape index (κ3) is 4.36. The number of methoxy groups -OCH3 is 1. The summed E-state index contributed by atoms with van der Waals surface area (Å²) < 4.78 is 42.2. The van der Waals surface area contributed by atoms with E-state index in [4.69, 9.17) is 10.5 Å². The molecule has 1 rings (SSSR count). The molecule has 8 heteroatoms. The molecule has 1 atom stereocenters. The molecule has 0 aliphatic rings. The average molecular weight is 264 g/mol. The smallest absolute Gasteiger partial charge is 0.384 e. The van der Waals surface area contributed by atoms with E-state index in [-0.39, 0.29) is 17.6 Å². The lowest BCUT2D eigenvalue weighted by Gasteiger charge is -2.13. The highest BCUT2D eigenvalue weighted by molar-refractivity contribution is 5.44. The Morgan fingerprint density at radius 3 is 2.67 bits per heavy atom. The first-order valence-electron chi connectivity index (χ1n) is 5.27. The molecule has 0 fully saturated rings. The second-order valence-corrected chi connectivity index (χ2v) is 3.94. The van der Waals surface area contributed by atoms with Gasteiger partial charge in [0.15, 0.2) is 0 Å². The van der Waals surface area contributed by atoms with Crippen molar-refractivity contribution in [1.29, 1.82) is 0 Å². The summed E-state index contributed by atoms with van der Waals surface area (Å²) in [5.74, 6) is -1.28. The summed E-state index contributed by atoms with van der Waals surface area (Å²) >= 11 is 0. The van der Waals surface area contributed by atoms with Crippen LogP contribution in [0.5, 0.6) is 0 Å². The van der Waals surface area contributed by atoms with Gasteiger partial charge in [-0.25, -0.2) is 9.97 Å². The molecular formula is C10H15F3N4O. The number of nitrogens with two attached hydrogens (primary N) is 1. The molecule has 1 unspecified atom stereocenters. The normalized spacial score (nSPS) is 13.4. The second-order valence-electron chi connectivity index (χ2n) is 3.94. The highest BCUT2D eigenvalue weighted by atomic mass is 19.4. The van der Waals surface area contributed by atoms with Crippen LogP contribution >= 0.6 is 0 Å². The van der Waals surface area contributed by atoms with Gasteiger partial charge in [0.2, 0.25) is 5.82 Å². The maximum absolute atomic E-state index is 12.4. The number of nitrogen functional groups attached to an aromatic ring is 1. The fraction of sp³-hybridized carbons (Fsp3) is 0.600. The van der Waals surface area contributed by atoms with E-state index < -0.39 is 12.0 Å². The van der Waals surface area contributed by atoms with Crippen molar-refractivity contribution >= 4 is 11.6 Å². The molecule has 1 aromatic heterocycles. The highest BCUT2D eigenvalue weighted by Gasteiger charge is 2.35. The Labute approximate surface area is 103 Å². The molecule has 3 N–H and O–H groups in total. The van der Waals surface area contributed by atoms with Crippen LogP contribution in [0.1, 0.15) is 12.7 Å². The van der Waals surface area contributed by atoms with E-state index in [2.05, 4.69) is 15.3 Å². The maximum Gasteiger partial charge on any atom is 0.451 e. The largest absolute Gasteiger partial charge is 0.451 e. The van der Waals surface area contributed by atoms with Crippen molar-refractivity contribution < 1.29 is 17.9 Å². The molecule has 1 aromatic rings. The average Bonchev–Trinajstić information content (AvgIpc) is 2.25. The first kappa shape index (κ1) is 14.5. The van der Waals surface area contributed by atoms with E-state index in [9.17, 15) is 13.2 Å². The first-order chi connectivity index (χ1) is 8.32. The molecular weight excluding hydrogens is 249 g/mol. The molecule has 18 heavy (non-hydrogen) atoms. The van der Waals surface area contributed by atoms with Crippen molar-refractivity contribution in [2.75, 3.05) is 31.3 Å². The number of halogens is 3. The van der Waals surface area contributed by atoms with Gasteiger partial charge in [0.1, 0.15) is 11.6 Å². The first-order valence-corrected chi connectivity index (χ1v) is 5.27. The van der Waals surface area contributed by atoms with Crippen molar-refractivity contribution in [2.24, 2.45) is 5.92 Å². The van der Waals surface area contributed by atoms with Gasteiger partial charge in [-0.05, 0) is 5.92 Å². The van der Waals surface area contributed by atoms with Crippen LogP contribution in [0, 0.1) is 5.92 Å². The SMILES string of the molecule is COCC(C)CNc1cc(N)nc(C(F)(F)F)n1. The van der Waals surface area contributed by atoms with E-state index in [0.29, 0.717) is 13.2 Å². The summed E-state index contributed by atoms with van der Waals surface area (Å²) in [4.78, 5) is 6.51. The van der Waals surface area contributed by atoms with Crippen molar-refractivity contribution in [1.82, 2.24) is 9.97 Å². The Hall–Kier alpha value is -1.57. The number of nitrogens with zero attached hydrogens (tertiary/aromatic N) is 2. The van der Waals surface area contributed by atoms with Gasteiger partial charge >= 0.3 is 6.18 Å².